The summed E-state index contributed by atoms with van der Waals surface area (Å²) in [5.41, 5.74) is 8.26. The van der Waals surface area contributed by atoms with Gasteiger partial charge in [0.2, 0.25) is 0 Å². The van der Waals surface area contributed by atoms with E-state index in [0.717, 1.165) is 22.6 Å². The van der Waals surface area contributed by atoms with E-state index in [0.29, 0.717) is 6.61 Å². The van der Waals surface area contributed by atoms with Crippen molar-refractivity contribution in [2.24, 2.45) is 5.73 Å². The summed E-state index contributed by atoms with van der Waals surface area (Å²) in [6.45, 7) is 2.54. The quantitative estimate of drug-likeness (QED) is 0.916. The van der Waals surface area contributed by atoms with Crippen LogP contribution in [-0.2, 0) is 6.61 Å². The highest BCUT2D eigenvalue weighted by atomic mass is 16.5. The zero-order valence-corrected chi connectivity index (χ0v) is 10.9. The summed E-state index contributed by atoms with van der Waals surface area (Å²) in [6.07, 6.45) is 0.0272. The summed E-state index contributed by atoms with van der Waals surface area (Å²) in [5, 5.41) is 0. The summed E-state index contributed by atoms with van der Waals surface area (Å²) in [5.74, 6) is 1.70. The van der Waals surface area contributed by atoms with Gasteiger partial charge in [-0.05, 0) is 30.7 Å². The third-order valence-corrected chi connectivity index (χ3v) is 3.41. The average molecular weight is 255 g/mol. The largest absolute Gasteiger partial charge is 0.489 e. The molecule has 2 aromatic rings. The number of hydrogen-bond donors (Lipinski definition) is 1. The van der Waals surface area contributed by atoms with Gasteiger partial charge in [-0.1, -0.05) is 30.3 Å². The van der Waals surface area contributed by atoms with Crippen LogP contribution in [0.3, 0.4) is 0 Å². The van der Waals surface area contributed by atoms with E-state index in [4.69, 9.17) is 15.2 Å². The van der Waals surface area contributed by atoms with Crippen LogP contribution in [0.2, 0.25) is 0 Å². The second-order valence-corrected chi connectivity index (χ2v) is 4.82. The van der Waals surface area contributed by atoms with Crippen molar-refractivity contribution in [2.75, 3.05) is 0 Å². The van der Waals surface area contributed by atoms with Crippen LogP contribution in [0.5, 0.6) is 11.5 Å². The molecular weight excluding hydrogens is 238 g/mol. The monoisotopic (exact) mass is 255 g/mol. The van der Waals surface area contributed by atoms with Crippen LogP contribution in [0.25, 0.3) is 0 Å². The smallest absolute Gasteiger partial charge is 0.124 e. The SMILES string of the molecule is CC1Oc2ccc(OCc3ccccc3)cc2C1N. The minimum absolute atomic E-state index is 0.0272. The third kappa shape index (κ3) is 2.42. The molecule has 0 radical (unpaired) electrons. The van der Waals surface area contributed by atoms with Crippen molar-refractivity contribution < 1.29 is 9.47 Å². The van der Waals surface area contributed by atoms with Crippen molar-refractivity contribution in [1.29, 1.82) is 0 Å². The van der Waals surface area contributed by atoms with Crippen LogP contribution in [-0.4, -0.2) is 6.10 Å². The average Bonchev–Trinajstić information content (AvgIpc) is 2.73. The summed E-state index contributed by atoms with van der Waals surface area (Å²) < 4.78 is 11.4. The molecule has 19 heavy (non-hydrogen) atoms. The van der Waals surface area contributed by atoms with Crippen LogP contribution in [0.4, 0.5) is 0 Å². The first-order chi connectivity index (χ1) is 9.24. The molecule has 3 heteroatoms. The molecule has 2 atom stereocenters. The molecule has 2 aromatic carbocycles. The number of ether oxygens (including phenoxy) is 2. The van der Waals surface area contributed by atoms with Crippen molar-refractivity contribution >= 4 is 0 Å². The van der Waals surface area contributed by atoms with E-state index in [9.17, 15) is 0 Å². The fourth-order valence-corrected chi connectivity index (χ4v) is 2.25. The Morgan fingerprint density at radius 2 is 1.95 bits per heavy atom. The molecule has 1 aliphatic heterocycles. The second kappa shape index (κ2) is 4.94. The van der Waals surface area contributed by atoms with Gasteiger partial charge in [0.25, 0.3) is 0 Å². The number of benzene rings is 2. The molecule has 0 aromatic heterocycles. The predicted octanol–water partition coefficient (Wildman–Crippen LogP) is 3.05. The van der Waals surface area contributed by atoms with Crippen molar-refractivity contribution in [3.8, 4) is 11.5 Å². The van der Waals surface area contributed by atoms with Crippen molar-refractivity contribution in [2.45, 2.75) is 25.7 Å². The molecule has 0 saturated carbocycles. The molecule has 3 rings (SSSR count). The van der Waals surface area contributed by atoms with E-state index in [1.54, 1.807) is 0 Å². The van der Waals surface area contributed by atoms with Gasteiger partial charge in [0.15, 0.2) is 0 Å². The van der Waals surface area contributed by atoms with Gasteiger partial charge in [-0.15, -0.1) is 0 Å². The van der Waals surface area contributed by atoms with Crippen molar-refractivity contribution in [3.63, 3.8) is 0 Å². The lowest BCUT2D eigenvalue weighted by Crippen LogP contribution is -2.21. The molecule has 3 nitrogen and oxygen atoms in total. The summed E-state index contributed by atoms with van der Waals surface area (Å²) in [4.78, 5) is 0. The van der Waals surface area contributed by atoms with E-state index in [1.165, 1.54) is 0 Å². The molecule has 0 aliphatic carbocycles. The van der Waals surface area contributed by atoms with E-state index in [-0.39, 0.29) is 12.1 Å². The fraction of sp³-hybridized carbons (Fsp3) is 0.250. The van der Waals surface area contributed by atoms with Gasteiger partial charge in [0.05, 0.1) is 6.04 Å². The van der Waals surface area contributed by atoms with Gasteiger partial charge in [-0.3, -0.25) is 0 Å². The van der Waals surface area contributed by atoms with E-state index in [2.05, 4.69) is 0 Å². The highest BCUT2D eigenvalue weighted by Gasteiger charge is 2.28. The van der Waals surface area contributed by atoms with Crippen LogP contribution in [0.15, 0.2) is 48.5 Å². The highest BCUT2D eigenvalue weighted by molar-refractivity contribution is 5.45. The number of hydrogen-bond acceptors (Lipinski definition) is 3. The molecular formula is C16H17NO2. The van der Waals surface area contributed by atoms with Gasteiger partial charge < -0.3 is 15.2 Å². The first kappa shape index (κ1) is 12.1. The summed E-state index contributed by atoms with van der Waals surface area (Å²) in [7, 11) is 0. The lowest BCUT2D eigenvalue weighted by molar-refractivity contribution is 0.228. The Hall–Kier alpha value is -2.00. The Kier molecular flexibility index (Phi) is 3.13. The van der Waals surface area contributed by atoms with Gasteiger partial charge in [-0.2, -0.15) is 0 Å². The van der Waals surface area contributed by atoms with Crippen molar-refractivity contribution in [3.05, 3.63) is 59.7 Å². The Labute approximate surface area is 113 Å². The van der Waals surface area contributed by atoms with Crippen LogP contribution < -0.4 is 15.2 Å². The maximum Gasteiger partial charge on any atom is 0.124 e. The van der Waals surface area contributed by atoms with Gasteiger partial charge in [0.1, 0.15) is 24.2 Å². The van der Waals surface area contributed by atoms with Gasteiger partial charge in [-0.25, -0.2) is 0 Å². The zero-order valence-electron chi connectivity index (χ0n) is 10.9. The Morgan fingerprint density at radius 3 is 2.74 bits per heavy atom. The molecule has 2 N–H and O–H groups in total. The summed E-state index contributed by atoms with van der Waals surface area (Å²) in [6, 6.07) is 15.9. The van der Waals surface area contributed by atoms with E-state index in [1.807, 2.05) is 55.5 Å². The highest BCUT2D eigenvalue weighted by Crippen LogP contribution is 2.37. The number of fused-ring (bicyclic) bond motifs is 1. The van der Waals surface area contributed by atoms with E-state index >= 15 is 0 Å². The molecule has 98 valence electrons. The molecule has 0 saturated heterocycles. The first-order valence-electron chi connectivity index (χ1n) is 6.47. The normalized spacial score (nSPS) is 20.7. The molecule has 0 fully saturated rings. The third-order valence-electron chi connectivity index (χ3n) is 3.41. The topological polar surface area (TPSA) is 44.5 Å². The molecule has 0 bridgehead atoms. The minimum Gasteiger partial charge on any atom is -0.489 e. The number of nitrogens with two attached hydrogens (primary N) is 1. The second-order valence-electron chi connectivity index (χ2n) is 4.82. The molecule has 0 amide bonds. The maximum absolute atomic E-state index is 6.09. The van der Waals surface area contributed by atoms with Gasteiger partial charge >= 0.3 is 0 Å². The maximum atomic E-state index is 6.09. The van der Waals surface area contributed by atoms with Crippen LogP contribution in [0, 0.1) is 0 Å². The zero-order chi connectivity index (χ0) is 13.2. The minimum atomic E-state index is -0.0738. The predicted molar refractivity (Wildman–Crippen MR) is 74.2 cm³/mol. The number of rotatable bonds is 3. The Balaban J connectivity index is 1.73. The van der Waals surface area contributed by atoms with Gasteiger partial charge in [0, 0.05) is 5.56 Å². The fourth-order valence-electron chi connectivity index (χ4n) is 2.25. The van der Waals surface area contributed by atoms with E-state index < -0.39 is 0 Å². The van der Waals surface area contributed by atoms with Crippen LogP contribution >= 0.6 is 0 Å². The standard InChI is InChI=1S/C16H17NO2/c1-11-16(17)14-9-13(7-8-15(14)19-11)18-10-12-5-3-2-4-6-12/h2-9,11,16H,10,17H2,1H3. The Bertz CT molecular complexity index is 568. The van der Waals surface area contributed by atoms with Crippen LogP contribution in [0.1, 0.15) is 24.1 Å². The lowest BCUT2D eigenvalue weighted by atomic mass is 10.1. The molecule has 1 aliphatic rings. The first-order valence-corrected chi connectivity index (χ1v) is 6.47. The lowest BCUT2D eigenvalue weighted by Gasteiger charge is -2.09. The molecule has 2 unspecified atom stereocenters. The molecule has 1 heterocycles. The van der Waals surface area contributed by atoms with Crippen molar-refractivity contribution in [1.82, 2.24) is 0 Å². The summed E-state index contributed by atoms with van der Waals surface area (Å²) >= 11 is 0. The molecule has 0 spiro atoms. The Morgan fingerprint density at radius 1 is 1.16 bits per heavy atom.